The van der Waals surface area contributed by atoms with Crippen molar-refractivity contribution in [2.45, 2.75) is 13.8 Å². The van der Waals surface area contributed by atoms with Crippen molar-refractivity contribution in [2.75, 3.05) is 0 Å². The van der Waals surface area contributed by atoms with E-state index in [1.807, 2.05) is 0 Å². The highest BCUT2D eigenvalue weighted by Gasteiger charge is 2.35. The first-order chi connectivity index (χ1) is 9.02. The molecular formula is C14H10N2O3. The van der Waals surface area contributed by atoms with Crippen LogP contribution < -0.4 is 0 Å². The molecule has 0 saturated heterocycles. The molecule has 1 heterocycles. The topological polar surface area (TPSA) is 69.0 Å². The molecule has 19 heavy (non-hydrogen) atoms. The Kier molecular flexibility index (Phi) is 2.25. The zero-order chi connectivity index (χ0) is 13.7. The van der Waals surface area contributed by atoms with E-state index in [0.717, 1.165) is 0 Å². The number of carbonyl (C=O) groups excluding carboxylic acids is 3. The van der Waals surface area contributed by atoms with E-state index in [2.05, 4.69) is 4.98 Å². The fourth-order valence-electron chi connectivity index (χ4n) is 2.42. The van der Waals surface area contributed by atoms with Crippen molar-refractivity contribution in [1.29, 1.82) is 0 Å². The molecule has 0 radical (unpaired) electrons. The standard InChI is InChI=1S/C14H10N2O3/c1-7-15-11-12(16(7)8(2)17)14(19)10-6-4-3-5-9(10)13(11)18/h3-6H,1-2H3. The van der Waals surface area contributed by atoms with Crippen molar-refractivity contribution in [3.05, 3.63) is 52.6 Å². The normalized spacial score (nSPS) is 13.2. The molecule has 1 aliphatic rings. The third-order valence-corrected chi connectivity index (χ3v) is 3.21. The monoisotopic (exact) mass is 254 g/mol. The number of aryl methyl sites for hydroxylation is 1. The van der Waals surface area contributed by atoms with Gasteiger partial charge in [-0.05, 0) is 6.92 Å². The summed E-state index contributed by atoms with van der Waals surface area (Å²) in [6.45, 7) is 2.94. The SMILES string of the molecule is CC(=O)n1c(C)nc2c1C(=O)c1ccccc1C2=O. The van der Waals surface area contributed by atoms with Gasteiger partial charge in [-0.3, -0.25) is 19.0 Å². The largest absolute Gasteiger partial charge is 0.287 e. The summed E-state index contributed by atoms with van der Waals surface area (Å²) in [4.78, 5) is 40.4. The van der Waals surface area contributed by atoms with Crippen molar-refractivity contribution >= 4 is 17.5 Å². The Bertz CT molecular complexity index is 756. The zero-order valence-corrected chi connectivity index (χ0v) is 10.4. The summed E-state index contributed by atoms with van der Waals surface area (Å²) in [5.74, 6) is -0.618. The van der Waals surface area contributed by atoms with Gasteiger partial charge in [0.2, 0.25) is 17.5 Å². The van der Waals surface area contributed by atoms with Gasteiger partial charge in [0, 0.05) is 18.1 Å². The lowest BCUT2D eigenvalue weighted by atomic mass is 9.90. The van der Waals surface area contributed by atoms with Crippen molar-refractivity contribution in [3.8, 4) is 0 Å². The van der Waals surface area contributed by atoms with Crippen molar-refractivity contribution in [2.24, 2.45) is 0 Å². The number of carbonyl (C=O) groups is 3. The molecule has 0 amide bonds. The smallest absolute Gasteiger partial charge is 0.229 e. The molecule has 0 spiro atoms. The van der Waals surface area contributed by atoms with Gasteiger partial charge < -0.3 is 0 Å². The quantitative estimate of drug-likeness (QED) is 0.611. The molecule has 0 N–H and O–H groups in total. The van der Waals surface area contributed by atoms with Gasteiger partial charge in [0.1, 0.15) is 17.2 Å². The van der Waals surface area contributed by atoms with E-state index in [4.69, 9.17) is 0 Å². The molecule has 3 rings (SSSR count). The Labute approximate surface area is 108 Å². The summed E-state index contributed by atoms with van der Waals surface area (Å²) < 4.78 is 1.20. The van der Waals surface area contributed by atoms with E-state index in [-0.39, 0.29) is 28.9 Å². The molecule has 5 nitrogen and oxygen atoms in total. The van der Waals surface area contributed by atoms with E-state index >= 15 is 0 Å². The Morgan fingerprint density at radius 2 is 1.68 bits per heavy atom. The molecule has 1 aromatic carbocycles. The average molecular weight is 254 g/mol. The Balaban J connectivity index is 2.37. The van der Waals surface area contributed by atoms with Gasteiger partial charge in [-0.25, -0.2) is 4.98 Å². The maximum absolute atomic E-state index is 12.4. The van der Waals surface area contributed by atoms with E-state index < -0.39 is 0 Å². The van der Waals surface area contributed by atoms with Crippen LogP contribution in [0.15, 0.2) is 24.3 Å². The molecule has 94 valence electrons. The zero-order valence-electron chi connectivity index (χ0n) is 10.4. The fraction of sp³-hybridized carbons (Fsp3) is 0.143. The number of hydrogen-bond donors (Lipinski definition) is 0. The molecular weight excluding hydrogens is 244 g/mol. The molecule has 0 aliphatic heterocycles. The predicted molar refractivity (Wildman–Crippen MR) is 66.6 cm³/mol. The number of benzene rings is 1. The number of fused-ring (bicyclic) bond motifs is 2. The van der Waals surface area contributed by atoms with E-state index in [1.165, 1.54) is 11.5 Å². The highest BCUT2D eigenvalue weighted by molar-refractivity contribution is 6.27. The van der Waals surface area contributed by atoms with Crippen LogP contribution in [0.4, 0.5) is 0 Å². The van der Waals surface area contributed by atoms with Crippen LogP contribution in [0.3, 0.4) is 0 Å². The van der Waals surface area contributed by atoms with Crippen LogP contribution in [-0.4, -0.2) is 27.0 Å². The van der Waals surface area contributed by atoms with Crippen LogP contribution in [0.25, 0.3) is 0 Å². The van der Waals surface area contributed by atoms with E-state index in [0.29, 0.717) is 17.0 Å². The van der Waals surface area contributed by atoms with Crippen LogP contribution in [0.5, 0.6) is 0 Å². The van der Waals surface area contributed by atoms with Gasteiger partial charge in [-0.15, -0.1) is 0 Å². The molecule has 0 bridgehead atoms. The third kappa shape index (κ3) is 1.41. The predicted octanol–water partition coefficient (Wildman–Crippen LogP) is 1.63. The summed E-state index contributed by atoms with van der Waals surface area (Å²) in [7, 11) is 0. The second-order valence-corrected chi connectivity index (χ2v) is 4.41. The van der Waals surface area contributed by atoms with Gasteiger partial charge in [0.25, 0.3) is 0 Å². The van der Waals surface area contributed by atoms with Gasteiger partial charge in [0.15, 0.2) is 0 Å². The lowest BCUT2D eigenvalue weighted by Gasteiger charge is -2.14. The fourth-order valence-corrected chi connectivity index (χ4v) is 2.42. The number of rotatable bonds is 0. The Morgan fingerprint density at radius 3 is 2.26 bits per heavy atom. The molecule has 2 aromatic rings. The van der Waals surface area contributed by atoms with Crippen LogP contribution in [-0.2, 0) is 0 Å². The Morgan fingerprint density at radius 1 is 1.11 bits per heavy atom. The van der Waals surface area contributed by atoms with Crippen molar-refractivity contribution in [1.82, 2.24) is 9.55 Å². The summed E-state index contributed by atoms with van der Waals surface area (Å²) >= 11 is 0. The number of aromatic nitrogens is 2. The highest BCUT2D eigenvalue weighted by Crippen LogP contribution is 2.27. The van der Waals surface area contributed by atoms with E-state index in [1.54, 1.807) is 31.2 Å². The maximum atomic E-state index is 12.4. The number of ketones is 2. The first-order valence-electron chi connectivity index (χ1n) is 5.81. The molecule has 0 saturated carbocycles. The molecule has 0 unspecified atom stereocenters. The lowest BCUT2D eigenvalue weighted by molar-refractivity contribution is 0.0906. The summed E-state index contributed by atoms with van der Waals surface area (Å²) in [6, 6.07) is 6.58. The number of nitrogens with zero attached hydrogens (tertiary/aromatic N) is 2. The maximum Gasteiger partial charge on any atom is 0.229 e. The molecule has 1 aromatic heterocycles. The summed E-state index contributed by atoms with van der Waals surface area (Å²) in [5, 5.41) is 0. The van der Waals surface area contributed by atoms with Crippen LogP contribution in [0.2, 0.25) is 0 Å². The van der Waals surface area contributed by atoms with Gasteiger partial charge in [0.05, 0.1) is 0 Å². The second-order valence-electron chi connectivity index (χ2n) is 4.41. The van der Waals surface area contributed by atoms with Crippen molar-refractivity contribution in [3.63, 3.8) is 0 Å². The molecule has 1 aliphatic carbocycles. The van der Waals surface area contributed by atoms with Crippen LogP contribution in [0.1, 0.15) is 49.6 Å². The second kappa shape index (κ2) is 3.71. The first-order valence-corrected chi connectivity index (χ1v) is 5.81. The minimum Gasteiger partial charge on any atom is -0.287 e. The third-order valence-electron chi connectivity index (χ3n) is 3.21. The summed E-state index contributed by atoms with van der Waals surface area (Å²) in [5.41, 5.74) is 0.806. The Hall–Kier alpha value is -2.56. The van der Waals surface area contributed by atoms with Crippen LogP contribution in [0, 0.1) is 6.92 Å². The van der Waals surface area contributed by atoms with Gasteiger partial charge in [-0.2, -0.15) is 0 Å². The van der Waals surface area contributed by atoms with E-state index in [9.17, 15) is 14.4 Å². The van der Waals surface area contributed by atoms with Gasteiger partial charge >= 0.3 is 0 Å². The highest BCUT2D eigenvalue weighted by atomic mass is 16.2. The molecule has 0 fully saturated rings. The molecule has 5 heteroatoms. The number of imidazole rings is 1. The van der Waals surface area contributed by atoms with Gasteiger partial charge in [-0.1, -0.05) is 24.3 Å². The van der Waals surface area contributed by atoms with Crippen LogP contribution >= 0.6 is 0 Å². The molecule has 0 atom stereocenters. The lowest BCUT2D eigenvalue weighted by Crippen LogP contribution is -2.25. The minimum atomic E-state index is -0.332. The summed E-state index contributed by atoms with van der Waals surface area (Å²) in [6.07, 6.45) is 0. The number of hydrogen-bond acceptors (Lipinski definition) is 4. The first kappa shape index (κ1) is 11.5. The average Bonchev–Trinajstić information content (AvgIpc) is 2.74. The minimum absolute atomic E-state index is 0.0661. The van der Waals surface area contributed by atoms with Crippen molar-refractivity contribution < 1.29 is 14.4 Å².